The van der Waals surface area contributed by atoms with E-state index in [1.54, 1.807) is 42.3 Å². The van der Waals surface area contributed by atoms with Crippen molar-refractivity contribution in [1.82, 2.24) is 15.0 Å². The molecular weight excluding hydrogens is 478 g/mol. The molecule has 0 bridgehead atoms. The maximum Gasteiger partial charge on any atom is 0.252 e. The highest BCUT2D eigenvalue weighted by molar-refractivity contribution is 8.00. The molecular formula is C27H27N3O3S2. The number of aromatic nitrogens is 1. The summed E-state index contributed by atoms with van der Waals surface area (Å²) in [7, 11) is 3.24. The van der Waals surface area contributed by atoms with Gasteiger partial charge in [-0.2, -0.15) is 0 Å². The molecule has 1 amide bonds. The Labute approximate surface area is 213 Å². The molecule has 8 heteroatoms. The van der Waals surface area contributed by atoms with Crippen LogP contribution in [-0.4, -0.2) is 35.5 Å². The highest BCUT2D eigenvalue weighted by Gasteiger charge is 2.33. The molecule has 3 heterocycles. The lowest BCUT2D eigenvalue weighted by Gasteiger charge is -2.27. The number of rotatable bonds is 8. The number of carbonyl (C=O) groups is 1. The molecule has 0 saturated carbocycles. The largest absolute Gasteiger partial charge is 0.493 e. The number of fused-ring (bicyclic) bond motifs is 1. The molecule has 0 fully saturated rings. The average molecular weight is 506 g/mol. The van der Waals surface area contributed by atoms with Crippen molar-refractivity contribution in [2.75, 3.05) is 20.0 Å². The summed E-state index contributed by atoms with van der Waals surface area (Å²) in [5.74, 6) is 1.55. The predicted octanol–water partition coefficient (Wildman–Crippen LogP) is 5.96. The third kappa shape index (κ3) is 4.39. The number of nitrogens with zero attached hydrogens (tertiary/aromatic N) is 2. The first-order valence-corrected chi connectivity index (χ1v) is 13.3. The molecule has 0 spiro atoms. The lowest BCUT2D eigenvalue weighted by molar-refractivity contribution is -0.131. The Morgan fingerprint density at radius 3 is 2.69 bits per heavy atom. The Balaban J connectivity index is 1.44. The van der Waals surface area contributed by atoms with Gasteiger partial charge < -0.3 is 14.0 Å². The number of aryl methyl sites for hydroxylation is 1. The molecule has 1 aliphatic rings. The van der Waals surface area contributed by atoms with Crippen LogP contribution in [0.1, 0.15) is 23.4 Å². The van der Waals surface area contributed by atoms with Crippen molar-refractivity contribution in [1.29, 1.82) is 0 Å². The fraction of sp³-hybridized carbons (Fsp3) is 0.222. The number of benzene rings is 2. The summed E-state index contributed by atoms with van der Waals surface area (Å²) in [6.45, 7) is 3.01. The SMILES string of the molecule is CCn1cc(SCC(=O)N2NC(c3cccs3)=CC2c2cccc(OC)c2OC)c2ccccc21. The molecule has 35 heavy (non-hydrogen) atoms. The van der Waals surface area contributed by atoms with Gasteiger partial charge in [0.25, 0.3) is 5.91 Å². The average Bonchev–Trinajstić information content (AvgIpc) is 3.65. The summed E-state index contributed by atoms with van der Waals surface area (Å²) in [5, 5.41) is 4.91. The molecule has 1 unspecified atom stereocenters. The first-order valence-electron chi connectivity index (χ1n) is 11.4. The van der Waals surface area contributed by atoms with Crippen LogP contribution in [0.15, 0.2) is 77.1 Å². The van der Waals surface area contributed by atoms with Gasteiger partial charge in [-0.25, -0.2) is 5.01 Å². The first kappa shape index (κ1) is 23.4. The molecule has 180 valence electrons. The lowest BCUT2D eigenvalue weighted by Crippen LogP contribution is -2.40. The van der Waals surface area contributed by atoms with Crippen LogP contribution in [-0.2, 0) is 11.3 Å². The van der Waals surface area contributed by atoms with Gasteiger partial charge >= 0.3 is 0 Å². The van der Waals surface area contributed by atoms with Crippen molar-refractivity contribution in [3.8, 4) is 11.5 Å². The second-order valence-corrected chi connectivity index (χ2v) is 10.0. The van der Waals surface area contributed by atoms with E-state index in [0.29, 0.717) is 17.3 Å². The number of nitrogens with one attached hydrogen (secondary N) is 1. The Bertz CT molecular complexity index is 1380. The highest BCUT2D eigenvalue weighted by Crippen LogP contribution is 2.41. The third-order valence-electron chi connectivity index (χ3n) is 6.09. The molecule has 0 radical (unpaired) electrons. The number of amides is 1. The molecule has 1 N–H and O–H groups in total. The number of ether oxygens (including phenoxy) is 2. The molecule has 2 aromatic heterocycles. The van der Waals surface area contributed by atoms with Crippen LogP contribution in [0.3, 0.4) is 0 Å². The maximum absolute atomic E-state index is 13.6. The topological polar surface area (TPSA) is 55.7 Å². The zero-order valence-electron chi connectivity index (χ0n) is 19.9. The minimum absolute atomic E-state index is 0.0130. The van der Waals surface area contributed by atoms with Gasteiger partial charge in [-0.05, 0) is 36.6 Å². The summed E-state index contributed by atoms with van der Waals surface area (Å²) < 4.78 is 13.4. The van der Waals surface area contributed by atoms with Crippen LogP contribution in [0.5, 0.6) is 11.5 Å². The summed E-state index contributed by atoms with van der Waals surface area (Å²) in [6, 6.07) is 17.8. The minimum Gasteiger partial charge on any atom is -0.493 e. The van der Waals surface area contributed by atoms with E-state index >= 15 is 0 Å². The maximum atomic E-state index is 13.6. The van der Waals surface area contributed by atoms with Gasteiger partial charge in [0.05, 0.1) is 30.5 Å². The first-order chi connectivity index (χ1) is 17.1. The van der Waals surface area contributed by atoms with Crippen molar-refractivity contribution >= 4 is 45.6 Å². The van der Waals surface area contributed by atoms with Gasteiger partial charge in [0.1, 0.15) is 6.04 Å². The number of para-hydroxylation sites is 2. The second-order valence-electron chi connectivity index (χ2n) is 8.05. The van der Waals surface area contributed by atoms with Crippen LogP contribution < -0.4 is 14.9 Å². The van der Waals surface area contributed by atoms with E-state index in [1.807, 2.05) is 47.8 Å². The Morgan fingerprint density at radius 1 is 1.09 bits per heavy atom. The Kier molecular flexibility index (Phi) is 6.74. The standard InChI is InChI=1S/C27H27N3O3S2/c1-4-29-16-25(18-9-5-6-11-21(18)29)35-17-26(31)30-22(15-20(28-30)24-13-8-14-34-24)19-10-7-12-23(32-2)27(19)33-3/h5-16,22,28H,4,17H2,1-3H3. The van der Waals surface area contributed by atoms with Crippen molar-refractivity contribution in [3.05, 3.63) is 82.7 Å². The number of hydrogen-bond acceptors (Lipinski definition) is 6. The molecule has 0 aliphatic carbocycles. The molecule has 5 rings (SSSR count). The molecule has 6 nitrogen and oxygen atoms in total. The van der Waals surface area contributed by atoms with E-state index in [0.717, 1.165) is 27.6 Å². The predicted molar refractivity (Wildman–Crippen MR) is 143 cm³/mol. The van der Waals surface area contributed by atoms with Gasteiger partial charge in [-0.15, -0.1) is 23.1 Å². The van der Waals surface area contributed by atoms with E-state index in [-0.39, 0.29) is 11.9 Å². The van der Waals surface area contributed by atoms with Crippen LogP contribution in [0.4, 0.5) is 0 Å². The van der Waals surface area contributed by atoms with Gasteiger partial charge in [0.2, 0.25) is 0 Å². The van der Waals surface area contributed by atoms with Crippen LogP contribution in [0, 0.1) is 0 Å². The van der Waals surface area contributed by atoms with Crippen molar-refractivity contribution in [2.24, 2.45) is 0 Å². The van der Waals surface area contributed by atoms with Crippen LogP contribution in [0.25, 0.3) is 16.6 Å². The zero-order chi connectivity index (χ0) is 24.4. The van der Waals surface area contributed by atoms with Gasteiger partial charge in [0.15, 0.2) is 11.5 Å². The fourth-order valence-corrected chi connectivity index (χ4v) is 6.08. The number of thiophene rings is 1. The zero-order valence-corrected chi connectivity index (χ0v) is 21.5. The van der Waals surface area contributed by atoms with E-state index in [9.17, 15) is 4.79 Å². The number of hydrazine groups is 1. The highest BCUT2D eigenvalue weighted by atomic mass is 32.2. The quantitative estimate of drug-likeness (QED) is 0.300. The van der Waals surface area contributed by atoms with Gasteiger partial charge in [-0.1, -0.05) is 36.4 Å². The minimum atomic E-state index is -0.331. The smallest absolute Gasteiger partial charge is 0.252 e. The monoisotopic (exact) mass is 505 g/mol. The Hall–Kier alpha value is -3.36. The van der Waals surface area contributed by atoms with Crippen LogP contribution in [0.2, 0.25) is 0 Å². The summed E-state index contributed by atoms with van der Waals surface area (Å²) in [6.07, 6.45) is 4.21. The fourth-order valence-electron chi connectivity index (χ4n) is 4.43. The Morgan fingerprint density at radius 2 is 1.94 bits per heavy atom. The summed E-state index contributed by atoms with van der Waals surface area (Å²) >= 11 is 3.20. The lowest BCUT2D eigenvalue weighted by atomic mass is 10.0. The van der Waals surface area contributed by atoms with E-state index in [1.165, 1.54) is 10.9 Å². The van der Waals surface area contributed by atoms with Crippen molar-refractivity contribution in [3.63, 3.8) is 0 Å². The molecule has 0 saturated heterocycles. The van der Waals surface area contributed by atoms with Gasteiger partial charge in [-0.3, -0.25) is 10.2 Å². The van der Waals surface area contributed by atoms with Gasteiger partial charge in [0, 0.05) is 34.1 Å². The third-order valence-corrected chi connectivity index (χ3v) is 8.03. The molecule has 1 aliphatic heterocycles. The van der Waals surface area contributed by atoms with Crippen molar-refractivity contribution in [2.45, 2.75) is 24.4 Å². The van der Waals surface area contributed by atoms with E-state index in [4.69, 9.17) is 9.47 Å². The normalized spacial score (nSPS) is 15.2. The van der Waals surface area contributed by atoms with E-state index < -0.39 is 0 Å². The second kappa shape index (κ2) is 10.1. The molecule has 2 aromatic carbocycles. The summed E-state index contributed by atoms with van der Waals surface area (Å²) in [4.78, 5) is 15.8. The molecule has 4 aromatic rings. The van der Waals surface area contributed by atoms with Crippen LogP contribution >= 0.6 is 23.1 Å². The number of thioether (sulfide) groups is 1. The van der Waals surface area contributed by atoms with Crippen molar-refractivity contribution < 1.29 is 14.3 Å². The molecule has 1 atom stereocenters. The van der Waals surface area contributed by atoms with E-state index in [2.05, 4.69) is 41.3 Å². The summed E-state index contributed by atoms with van der Waals surface area (Å²) in [5.41, 5.74) is 6.33. The number of carbonyl (C=O) groups excluding carboxylic acids is 1. The number of hydrogen-bond donors (Lipinski definition) is 1. The number of methoxy groups -OCH3 is 2.